The summed E-state index contributed by atoms with van der Waals surface area (Å²) in [4.78, 5) is 32.3. The number of nitrogen functional groups attached to an aromatic ring is 1. The first kappa shape index (κ1) is 19.1. The minimum Gasteiger partial charge on any atom is -0.368 e. The zero-order chi connectivity index (χ0) is 18.4. The van der Waals surface area contributed by atoms with Crippen molar-refractivity contribution >= 4 is 30.5 Å². The Balaban J connectivity index is 2.26. The summed E-state index contributed by atoms with van der Waals surface area (Å²) in [5.41, 5.74) is 6.90. The Morgan fingerprint density at radius 2 is 2.00 bits per heavy atom. The average molecular weight is 368 g/mol. The minimum atomic E-state index is -4.18. The third-order valence-electron chi connectivity index (χ3n) is 3.20. The molecule has 0 aliphatic carbocycles. The number of hydrogen-bond acceptors (Lipinski definition) is 7. The van der Waals surface area contributed by atoms with Crippen LogP contribution in [0.25, 0.3) is 11.2 Å². The number of nitrogens with zero attached hydrogens (tertiary/aromatic N) is 5. The average Bonchev–Trinajstić information content (AvgIpc) is 2.92. The standard InChI is InChI=1S/C14H21N6O4P/c1-3-5-19(6-4-2)12-11-13(18-14(15)17-12)20(9-16-11)7-8-24-10-25(21,22)23/h3-4,9H,1-2,5-8,10H2,(H2,15,17,18)(H2,21,22,23). The van der Waals surface area contributed by atoms with Gasteiger partial charge in [0.25, 0.3) is 0 Å². The molecule has 11 heteroatoms. The van der Waals surface area contributed by atoms with E-state index in [2.05, 4.69) is 28.1 Å². The van der Waals surface area contributed by atoms with Crippen LogP contribution in [0.5, 0.6) is 0 Å². The topological polar surface area (TPSA) is 140 Å². The maximum atomic E-state index is 10.8. The molecule has 0 aliphatic rings. The van der Waals surface area contributed by atoms with Crippen molar-refractivity contribution in [3.05, 3.63) is 31.6 Å². The van der Waals surface area contributed by atoms with Crippen LogP contribution < -0.4 is 10.6 Å². The van der Waals surface area contributed by atoms with Crippen LogP contribution >= 0.6 is 7.60 Å². The Hall–Kier alpha value is -2.26. The molecule has 0 spiro atoms. The van der Waals surface area contributed by atoms with Crippen molar-refractivity contribution in [2.24, 2.45) is 0 Å². The van der Waals surface area contributed by atoms with E-state index < -0.39 is 13.9 Å². The Kier molecular flexibility index (Phi) is 6.27. The molecule has 136 valence electrons. The second-order valence-corrected chi connectivity index (χ2v) is 6.79. The number of imidazole rings is 1. The molecule has 0 aliphatic heterocycles. The van der Waals surface area contributed by atoms with Crippen LogP contribution in [0.15, 0.2) is 31.6 Å². The quantitative estimate of drug-likeness (QED) is 0.315. The highest BCUT2D eigenvalue weighted by Crippen LogP contribution is 2.33. The lowest BCUT2D eigenvalue weighted by molar-refractivity contribution is 0.149. The summed E-state index contributed by atoms with van der Waals surface area (Å²) < 4.78 is 17.5. The third kappa shape index (κ3) is 5.10. The highest BCUT2D eigenvalue weighted by Gasteiger charge is 2.17. The van der Waals surface area contributed by atoms with E-state index in [-0.39, 0.29) is 12.6 Å². The van der Waals surface area contributed by atoms with Gasteiger partial charge >= 0.3 is 7.60 Å². The van der Waals surface area contributed by atoms with Crippen molar-refractivity contribution in [2.75, 3.05) is 36.7 Å². The summed E-state index contributed by atoms with van der Waals surface area (Å²) in [6.07, 6.45) is 4.40. The summed E-state index contributed by atoms with van der Waals surface area (Å²) in [7, 11) is -4.18. The molecular formula is C14H21N6O4P. The predicted octanol–water partition coefficient (Wildman–Crippen LogP) is 0.739. The number of fused-ring (bicyclic) bond motifs is 1. The van der Waals surface area contributed by atoms with E-state index in [0.29, 0.717) is 36.6 Å². The first-order valence-electron chi connectivity index (χ1n) is 7.43. The van der Waals surface area contributed by atoms with Gasteiger partial charge in [-0.2, -0.15) is 9.97 Å². The second kappa shape index (κ2) is 8.21. The van der Waals surface area contributed by atoms with Gasteiger partial charge in [0.2, 0.25) is 5.95 Å². The number of anilines is 2. The van der Waals surface area contributed by atoms with Gasteiger partial charge in [-0.05, 0) is 0 Å². The molecule has 2 aromatic rings. The van der Waals surface area contributed by atoms with Crippen molar-refractivity contribution < 1.29 is 19.1 Å². The SMILES string of the molecule is C=CCN(CC=C)c1nc(N)nc2c1ncn2CCOCP(=O)(O)O. The molecule has 0 unspecified atom stereocenters. The minimum absolute atomic E-state index is 0.0958. The molecule has 0 fully saturated rings. The highest BCUT2D eigenvalue weighted by atomic mass is 31.2. The smallest absolute Gasteiger partial charge is 0.350 e. The van der Waals surface area contributed by atoms with Crippen molar-refractivity contribution in [1.82, 2.24) is 19.5 Å². The Bertz CT molecular complexity index is 792. The van der Waals surface area contributed by atoms with Crippen LogP contribution in [0.4, 0.5) is 11.8 Å². The molecule has 4 N–H and O–H groups in total. The molecule has 0 atom stereocenters. The third-order valence-corrected chi connectivity index (χ3v) is 3.72. The fraction of sp³-hybridized carbons (Fsp3) is 0.357. The molecule has 0 saturated carbocycles. The van der Waals surface area contributed by atoms with Crippen LogP contribution in [0.2, 0.25) is 0 Å². The van der Waals surface area contributed by atoms with Gasteiger partial charge in [-0.15, -0.1) is 13.2 Å². The Morgan fingerprint density at radius 3 is 2.60 bits per heavy atom. The molecular weight excluding hydrogens is 347 g/mol. The van der Waals surface area contributed by atoms with Gasteiger partial charge in [0.15, 0.2) is 17.0 Å². The lowest BCUT2D eigenvalue weighted by atomic mass is 10.4. The Morgan fingerprint density at radius 1 is 1.32 bits per heavy atom. The molecule has 2 heterocycles. The summed E-state index contributed by atoms with van der Waals surface area (Å²) in [5.74, 6) is 0.663. The van der Waals surface area contributed by atoms with Gasteiger partial charge in [-0.3, -0.25) is 4.57 Å². The van der Waals surface area contributed by atoms with Crippen molar-refractivity contribution in [3.8, 4) is 0 Å². The number of ether oxygens (including phenoxy) is 1. The van der Waals surface area contributed by atoms with Gasteiger partial charge in [0, 0.05) is 19.6 Å². The maximum Gasteiger partial charge on any atom is 0.350 e. The van der Waals surface area contributed by atoms with Gasteiger partial charge in [-0.25, -0.2) is 4.98 Å². The molecule has 10 nitrogen and oxygen atoms in total. The van der Waals surface area contributed by atoms with Crippen molar-refractivity contribution in [2.45, 2.75) is 6.54 Å². The van der Waals surface area contributed by atoms with E-state index in [9.17, 15) is 4.57 Å². The van der Waals surface area contributed by atoms with E-state index in [0.717, 1.165) is 0 Å². The molecule has 0 radical (unpaired) electrons. The van der Waals surface area contributed by atoms with Crippen LogP contribution in [0.3, 0.4) is 0 Å². The van der Waals surface area contributed by atoms with Crippen molar-refractivity contribution in [3.63, 3.8) is 0 Å². The fourth-order valence-corrected chi connectivity index (χ4v) is 2.60. The van der Waals surface area contributed by atoms with E-state index >= 15 is 0 Å². The van der Waals surface area contributed by atoms with E-state index in [1.54, 1.807) is 23.0 Å². The van der Waals surface area contributed by atoms with Crippen molar-refractivity contribution in [1.29, 1.82) is 0 Å². The molecule has 2 rings (SSSR count). The predicted molar refractivity (Wildman–Crippen MR) is 95.2 cm³/mol. The lowest BCUT2D eigenvalue weighted by Crippen LogP contribution is -2.25. The zero-order valence-electron chi connectivity index (χ0n) is 13.7. The summed E-state index contributed by atoms with van der Waals surface area (Å²) in [6, 6.07) is 0. The molecule has 0 saturated heterocycles. The molecule has 0 amide bonds. The monoisotopic (exact) mass is 368 g/mol. The largest absolute Gasteiger partial charge is 0.368 e. The summed E-state index contributed by atoms with van der Waals surface area (Å²) in [6.45, 7) is 8.94. The number of nitrogens with two attached hydrogens (primary N) is 1. The van der Waals surface area contributed by atoms with Gasteiger partial charge in [-0.1, -0.05) is 12.2 Å². The maximum absolute atomic E-state index is 10.8. The molecule has 0 bridgehead atoms. The number of hydrogen-bond donors (Lipinski definition) is 3. The number of rotatable bonds is 10. The van der Waals surface area contributed by atoms with Crippen LogP contribution in [-0.4, -0.2) is 55.4 Å². The second-order valence-electron chi connectivity index (χ2n) is 5.20. The van der Waals surface area contributed by atoms with Crippen LogP contribution in [0.1, 0.15) is 0 Å². The Labute approximate surface area is 144 Å². The summed E-state index contributed by atoms with van der Waals surface area (Å²) >= 11 is 0. The zero-order valence-corrected chi connectivity index (χ0v) is 14.5. The first-order chi connectivity index (χ1) is 11.9. The fourth-order valence-electron chi connectivity index (χ4n) is 2.24. The van der Waals surface area contributed by atoms with E-state index in [4.69, 9.17) is 20.3 Å². The lowest BCUT2D eigenvalue weighted by Gasteiger charge is -2.20. The van der Waals surface area contributed by atoms with E-state index in [1.807, 2.05) is 4.90 Å². The van der Waals surface area contributed by atoms with Crippen LogP contribution in [0, 0.1) is 0 Å². The van der Waals surface area contributed by atoms with Crippen LogP contribution in [-0.2, 0) is 15.8 Å². The molecule has 2 aromatic heterocycles. The first-order valence-corrected chi connectivity index (χ1v) is 9.23. The van der Waals surface area contributed by atoms with E-state index in [1.165, 1.54) is 0 Å². The number of aromatic nitrogens is 4. The summed E-state index contributed by atoms with van der Waals surface area (Å²) in [5, 5.41) is 0. The van der Waals surface area contributed by atoms with Gasteiger partial charge in [0.05, 0.1) is 12.9 Å². The normalized spacial score (nSPS) is 11.6. The molecule has 0 aromatic carbocycles. The van der Waals surface area contributed by atoms with Gasteiger partial charge in [0.1, 0.15) is 6.35 Å². The molecule has 25 heavy (non-hydrogen) atoms. The van der Waals surface area contributed by atoms with Gasteiger partial charge < -0.3 is 29.7 Å². The highest BCUT2D eigenvalue weighted by molar-refractivity contribution is 7.51.